The zero-order chi connectivity index (χ0) is 14.2. The van der Waals surface area contributed by atoms with Gasteiger partial charge in [-0.25, -0.2) is 4.98 Å². The number of benzene rings is 1. The molecule has 6 heteroatoms. The SMILES string of the molecule is Cl.Cl.Cn1c(CCN2CCC(C)(CN)C2)nc2ccccc21. The van der Waals surface area contributed by atoms with Crippen molar-refractivity contribution in [3.63, 3.8) is 0 Å². The number of rotatable bonds is 4. The molecule has 0 saturated carbocycles. The molecule has 2 aromatic rings. The second-order valence-electron chi connectivity index (χ2n) is 6.37. The summed E-state index contributed by atoms with van der Waals surface area (Å²) >= 11 is 0. The Balaban J connectivity index is 0.00000121. The number of hydrogen-bond acceptors (Lipinski definition) is 3. The summed E-state index contributed by atoms with van der Waals surface area (Å²) < 4.78 is 2.22. The second kappa shape index (κ2) is 7.64. The number of halogens is 2. The fraction of sp³-hybridized carbons (Fsp3) is 0.562. The van der Waals surface area contributed by atoms with Crippen molar-refractivity contribution < 1.29 is 0 Å². The van der Waals surface area contributed by atoms with E-state index in [9.17, 15) is 0 Å². The van der Waals surface area contributed by atoms with Crippen LogP contribution in [0.2, 0.25) is 0 Å². The van der Waals surface area contributed by atoms with Crippen LogP contribution < -0.4 is 5.73 Å². The molecular weight excluding hydrogens is 319 g/mol. The Kier molecular flexibility index (Phi) is 6.68. The van der Waals surface area contributed by atoms with Gasteiger partial charge in [0.2, 0.25) is 0 Å². The van der Waals surface area contributed by atoms with Gasteiger partial charge in [0.1, 0.15) is 5.82 Å². The highest BCUT2D eigenvalue weighted by molar-refractivity contribution is 5.85. The Hall–Kier alpha value is -0.810. The molecular formula is C16H26Cl2N4. The molecule has 4 nitrogen and oxygen atoms in total. The normalized spacial score (nSPS) is 21.6. The van der Waals surface area contributed by atoms with E-state index in [1.165, 1.54) is 17.8 Å². The van der Waals surface area contributed by atoms with Crippen LogP contribution in [-0.4, -0.2) is 40.6 Å². The van der Waals surface area contributed by atoms with E-state index in [1.807, 2.05) is 6.07 Å². The summed E-state index contributed by atoms with van der Waals surface area (Å²) in [6.45, 7) is 6.44. The molecule has 2 heterocycles. The van der Waals surface area contributed by atoms with Gasteiger partial charge in [0.25, 0.3) is 0 Å². The van der Waals surface area contributed by atoms with E-state index in [-0.39, 0.29) is 24.8 Å². The minimum absolute atomic E-state index is 0. The molecule has 1 saturated heterocycles. The summed E-state index contributed by atoms with van der Waals surface area (Å²) in [5, 5.41) is 0. The number of fused-ring (bicyclic) bond motifs is 1. The molecule has 0 radical (unpaired) electrons. The van der Waals surface area contributed by atoms with Gasteiger partial charge in [-0.2, -0.15) is 0 Å². The molecule has 0 amide bonds. The monoisotopic (exact) mass is 344 g/mol. The molecule has 1 aromatic carbocycles. The molecule has 0 aliphatic carbocycles. The van der Waals surface area contributed by atoms with Crippen LogP contribution in [0.5, 0.6) is 0 Å². The molecule has 1 fully saturated rings. The van der Waals surface area contributed by atoms with Gasteiger partial charge in [-0.05, 0) is 37.1 Å². The molecule has 3 rings (SSSR count). The van der Waals surface area contributed by atoms with Crippen molar-refractivity contribution in [1.29, 1.82) is 0 Å². The second-order valence-corrected chi connectivity index (χ2v) is 6.37. The Bertz CT molecular complexity index is 613. The number of aromatic nitrogens is 2. The van der Waals surface area contributed by atoms with Crippen LogP contribution in [0.3, 0.4) is 0 Å². The minimum atomic E-state index is 0. The zero-order valence-electron chi connectivity index (χ0n) is 13.3. The van der Waals surface area contributed by atoms with Crippen molar-refractivity contribution in [1.82, 2.24) is 14.5 Å². The quantitative estimate of drug-likeness (QED) is 0.927. The molecule has 1 aromatic heterocycles. The Morgan fingerprint density at radius 1 is 1.27 bits per heavy atom. The van der Waals surface area contributed by atoms with Crippen LogP contribution in [-0.2, 0) is 13.5 Å². The average Bonchev–Trinajstić information content (AvgIpc) is 2.99. The highest BCUT2D eigenvalue weighted by atomic mass is 35.5. The third-order valence-corrected chi connectivity index (χ3v) is 4.66. The van der Waals surface area contributed by atoms with Gasteiger partial charge in [0.15, 0.2) is 0 Å². The van der Waals surface area contributed by atoms with Gasteiger partial charge in [-0.15, -0.1) is 24.8 Å². The van der Waals surface area contributed by atoms with Crippen molar-refractivity contribution in [2.75, 3.05) is 26.2 Å². The maximum atomic E-state index is 5.87. The highest BCUT2D eigenvalue weighted by Crippen LogP contribution is 2.28. The predicted molar refractivity (Wildman–Crippen MR) is 97.1 cm³/mol. The fourth-order valence-electron chi connectivity index (χ4n) is 3.16. The lowest BCUT2D eigenvalue weighted by molar-refractivity contribution is 0.281. The van der Waals surface area contributed by atoms with Crippen molar-refractivity contribution >= 4 is 35.8 Å². The first kappa shape index (κ1) is 19.2. The Labute approximate surface area is 144 Å². The number of nitrogens with two attached hydrogens (primary N) is 1. The van der Waals surface area contributed by atoms with Crippen LogP contribution >= 0.6 is 24.8 Å². The molecule has 0 bridgehead atoms. The number of hydrogen-bond donors (Lipinski definition) is 1. The van der Waals surface area contributed by atoms with Gasteiger partial charge in [-0.1, -0.05) is 19.1 Å². The van der Waals surface area contributed by atoms with Crippen molar-refractivity contribution in [2.24, 2.45) is 18.2 Å². The molecule has 22 heavy (non-hydrogen) atoms. The van der Waals surface area contributed by atoms with E-state index in [4.69, 9.17) is 10.7 Å². The van der Waals surface area contributed by atoms with Crippen LogP contribution in [0.15, 0.2) is 24.3 Å². The Morgan fingerprint density at radius 2 is 2.00 bits per heavy atom. The maximum absolute atomic E-state index is 5.87. The lowest BCUT2D eigenvalue weighted by Crippen LogP contribution is -2.32. The summed E-state index contributed by atoms with van der Waals surface area (Å²) in [6, 6.07) is 8.33. The number of imidazole rings is 1. The van der Waals surface area contributed by atoms with Gasteiger partial charge in [-0.3, -0.25) is 0 Å². The summed E-state index contributed by atoms with van der Waals surface area (Å²) in [7, 11) is 2.11. The summed E-state index contributed by atoms with van der Waals surface area (Å²) in [5.41, 5.74) is 8.50. The molecule has 124 valence electrons. The smallest absolute Gasteiger partial charge is 0.110 e. The first-order chi connectivity index (χ1) is 9.61. The third-order valence-electron chi connectivity index (χ3n) is 4.66. The van der Waals surface area contributed by atoms with E-state index < -0.39 is 0 Å². The van der Waals surface area contributed by atoms with Gasteiger partial charge < -0.3 is 15.2 Å². The van der Waals surface area contributed by atoms with E-state index in [0.717, 1.165) is 38.1 Å². The lowest BCUT2D eigenvalue weighted by atomic mass is 9.90. The number of nitrogens with zero attached hydrogens (tertiary/aromatic N) is 3. The van der Waals surface area contributed by atoms with Gasteiger partial charge in [0.05, 0.1) is 11.0 Å². The minimum Gasteiger partial charge on any atom is -0.331 e. The third kappa shape index (κ3) is 3.74. The standard InChI is InChI=1S/C16H24N4.2ClH/c1-16(11-17)8-10-20(12-16)9-7-15-18-13-5-3-4-6-14(13)19(15)2;;/h3-6H,7-12,17H2,1-2H3;2*1H. The molecule has 1 aliphatic rings. The average molecular weight is 345 g/mol. The van der Waals surface area contributed by atoms with Crippen LogP contribution in [0.4, 0.5) is 0 Å². The molecule has 0 spiro atoms. The van der Waals surface area contributed by atoms with Crippen LogP contribution in [0.1, 0.15) is 19.2 Å². The fourth-order valence-corrected chi connectivity index (χ4v) is 3.16. The predicted octanol–water partition coefficient (Wildman–Crippen LogP) is 2.63. The number of para-hydroxylation sites is 2. The van der Waals surface area contributed by atoms with E-state index in [0.29, 0.717) is 5.41 Å². The van der Waals surface area contributed by atoms with Gasteiger partial charge >= 0.3 is 0 Å². The summed E-state index contributed by atoms with van der Waals surface area (Å²) in [5.74, 6) is 1.17. The summed E-state index contributed by atoms with van der Waals surface area (Å²) in [6.07, 6.45) is 2.22. The van der Waals surface area contributed by atoms with E-state index in [2.05, 4.69) is 41.6 Å². The number of likely N-dealkylation sites (tertiary alicyclic amines) is 1. The van der Waals surface area contributed by atoms with Crippen molar-refractivity contribution in [3.05, 3.63) is 30.1 Å². The first-order valence-electron chi connectivity index (χ1n) is 7.44. The molecule has 2 N–H and O–H groups in total. The number of aryl methyl sites for hydroxylation is 1. The topological polar surface area (TPSA) is 47.1 Å². The highest BCUT2D eigenvalue weighted by Gasteiger charge is 2.32. The van der Waals surface area contributed by atoms with E-state index in [1.54, 1.807) is 0 Å². The van der Waals surface area contributed by atoms with E-state index >= 15 is 0 Å². The lowest BCUT2D eigenvalue weighted by Gasteiger charge is -2.22. The largest absolute Gasteiger partial charge is 0.331 e. The first-order valence-corrected chi connectivity index (χ1v) is 7.44. The maximum Gasteiger partial charge on any atom is 0.110 e. The molecule has 1 atom stereocenters. The zero-order valence-corrected chi connectivity index (χ0v) is 14.9. The van der Waals surface area contributed by atoms with Crippen LogP contribution in [0, 0.1) is 5.41 Å². The van der Waals surface area contributed by atoms with Crippen LogP contribution in [0.25, 0.3) is 11.0 Å². The molecule has 1 aliphatic heterocycles. The van der Waals surface area contributed by atoms with Crippen molar-refractivity contribution in [2.45, 2.75) is 19.8 Å². The summed E-state index contributed by atoms with van der Waals surface area (Å²) in [4.78, 5) is 7.26. The molecule has 1 unspecified atom stereocenters. The van der Waals surface area contributed by atoms with Crippen molar-refractivity contribution in [3.8, 4) is 0 Å². The van der Waals surface area contributed by atoms with Gasteiger partial charge in [0, 0.05) is 26.6 Å². The Morgan fingerprint density at radius 3 is 2.64 bits per heavy atom.